The van der Waals surface area contributed by atoms with E-state index in [4.69, 9.17) is 33.0 Å². The molecule has 1 aromatic carbocycles. The standard InChI is InChI=1S/C19H19Cl2N3O4/c1-10-7-22-6-5-12(10)17(15-14(28-2)4-3-13(20)16(15)21)23-18(25)11-8-24(9-11)19(26)27/h3-7,11,17H,8-9H2,1-2H3,(H,23,25)(H,26,27)/t17-/m0/s1. The van der Waals surface area contributed by atoms with Gasteiger partial charge in [-0.1, -0.05) is 23.2 Å². The first-order valence-corrected chi connectivity index (χ1v) is 9.29. The van der Waals surface area contributed by atoms with Gasteiger partial charge in [-0.05, 0) is 36.2 Å². The third kappa shape index (κ3) is 3.86. The van der Waals surface area contributed by atoms with Gasteiger partial charge in [0.05, 0.1) is 29.1 Å². The van der Waals surface area contributed by atoms with Crippen LogP contribution in [0.3, 0.4) is 0 Å². The molecule has 0 radical (unpaired) electrons. The minimum absolute atomic E-state index is 0.156. The molecular formula is C19H19Cl2N3O4. The lowest BCUT2D eigenvalue weighted by Gasteiger charge is -2.37. The number of likely N-dealkylation sites (tertiary alicyclic amines) is 1. The third-order valence-electron chi connectivity index (χ3n) is 4.79. The molecule has 1 aliphatic heterocycles. The van der Waals surface area contributed by atoms with Crippen LogP contribution in [-0.2, 0) is 4.79 Å². The fraction of sp³-hybridized carbons (Fsp3) is 0.316. The maximum atomic E-state index is 12.8. The number of benzene rings is 1. The lowest BCUT2D eigenvalue weighted by molar-refractivity contribution is -0.129. The zero-order chi connectivity index (χ0) is 20.4. The number of amides is 2. The zero-order valence-electron chi connectivity index (χ0n) is 15.3. The Morgan fingerprint density at radius 1 is 1.32 bits per heavy atom. The summed E-state index contributed by atoms with van der Waals surface area (Å²) >= 11 is 12.7. The predicted molar refractivity (Wildman–Crippen MR) is 105 cm³/mol. The van der Waals surface area contributed by atoms with Crippen LogP contribution in [0.5, 0.6) is 5.75 Å². The molecule has 1 fully saturated rings. The molecule has 148 valence electrons. The topological polar surface area (TPSA) is 91.8 Å². The van der Waals surface area contributed by atoms with Crippen molar-refractivity contribution in [3.8, 4) is 5.75 Å². The van der Waals surface area contributed by atoms with E-state index < -0.39 is 18.1 Å². The summed E-state index contributed by atoms with van der Waals surface area (Å²) in [6.45, 7) is 2.19. The van der Waals surface area contributed by atoms with Crippen LogP contribution in [0.2, 0.25) is 10.0 Å². The van der Waals surface area contributed by atoms with E-state index in [1.807, 2.05) is 6.92 Å². The molecule has 7 nitrogen and oxygen atoms in total. The van der Waals surface area contributed by atoms with Crippen LogP contribution in [0, 0.1) is 12.8 Å². The second kappa shape index (κ2) is 8.24. The maximum Gasteiger partial charge on any atom is 0.407 e. The van der Waals surface area contributed by atoms with Crippen LogP contribution in [0.4, 0.5) is 4.79 Å². The van der Waals surface area contributed by atoms with Gasteiger partial charge in [0.15, 0.2) is 0 Å². The Labute approximate surface area is 172 Å². The minimum atomic E-state index is -1.04. The van der Waals surface area contributed by atoms with E-state index in [1.165, 1.54) is 12.0 Å². The molecule has 0 unspecified atom stereocenters. The molecule has 0 spiro atoms. The number of carbonyl (C=O) groups is 2. The van der Waals surface area contributed by atoms with Crippen molar-refractivity contribution in [3.05, 3.63) is 57.3 Å². The number of nitrogens with zero attached hydrogens (tertiary/aromatic N) is 2. The third-order valence-corrected chi connectivity index (χ3v) is 5.60. The Morgan fingerprint density at radius 2 is 2.04 bits per heavy atom. The van der Waals surface area contributed by atoms with Crippen LogP contribution in [0.15, 0.2) is 30.6 Å². The number of carbonyl (C=O) groups excluding carboxylic acids is 1. The summed E-state index contributed by atoms with van der Waals surface area (Å²) in [6, 6.07) is 4.48. The Morgan fingerprint density at radius 3 is 2.64 bits per heavy atom. The number of hydrogen-bond acceptors (Lipinski definition) is 4. The Bertz CT molecular complexity index is 916. The van der Waals surface area contributed by atoms with Gasteiger partial charge < -0.3 is 20.1 Å². The highest BCUT2D eigenvalue weighted by Gasteiger charge is 2.37. The molecule has 1 atom stereocenters. The van der Waals surface area contributed by atoms with E-state index in [9.17, 15) is 9.59 Å². The lowest BCUT2D eigenvalue weighted by atomic mass is 9.93. The molecule has 1 aliphatic rings. The van der Waals surface area contributed by atoms with Gasteiger partial charge in [0.25, 0.3) is 0 Å². The Hall–Kier alpha value is -2.51. The molecule has 2 aromatic rings. The summed E-state index contributed by atoms with van der Waals surface area (Å²) in [4.78, 5) is 29.0. The first-order valence-electron chi connectivity index (χ1n) is 8.54. The number of carboxylic acid groups (broad SMARTS) is 1. The second-order valence-corrected chi connectivity index (χ2v) is 7.32. The number of halogens is 2. The fourth-order valence-corrected chi connectivity index (χ4v) is 3.60. The summed E-state index contributed by atoms with van der Waals surface area (Å²) in [7, 11) is 1.51. The molecule has 9 heteroatoms. The van der Waals surface area contributed by atoms with Gasteiger partial charge in [-0.15, -0.1) is 0 Å². The van der Waals surface area contributed by atoms with Gasteiger partial charge in [-0.25, -0.2) is 4.79 Å². The van der Waals surface area contributed by atoms with Crippen molar-refractivity contribution in [1.82, 2.24) is 15.2 Å². The highest BCUT2D eigenvalue weighted by atomic mass is 35.5. The van der Waals surface area contributed by atoms with Crippen LogP contribution in [0.1, 0.15) is 22.7 Å². The molecule has 28 heavy (non-hydrogen) atoms. The second-order valence-electron chi connectivity index (χ2n) is 6.54. The smallest absolute Gasteiger partial charge is 0.407 e. The van der Waals surface area contributed by atoms with E-state index in [-0.39, 0.29) is 24.0 Å². The molecule has 0 bridgehead atoms. The molecule has 1 saturated heterocycles. The van der Waals surface area contributed by atoms with Gasteiger partial charge in [-0.3, -0.25) is 9.78 Å². The molecule has 2 heterocycles. The summed E-state index contributed by atoms with van der Waals surface area (Å²) in [5, 5.41) is 12.6. The van der Waals surface area contributed by atoms with Crippen molar-refractivity contribution in [2.75, 3.05) is 20.2 Å². The lowest BCUT2D eigenvalue weighted by Crippen LogP contribution is -2.55. The van der Waals surface area contributed by atoms with E-state index >= 15 is 0 Å². The van der Waals surface area contributed by atoms with E-state index in [0.717, 1.165) is 11.1 Å². The van der Waals surface area contributed by atoms with Gasteiger partial charge in [-0.2, -0.15) is 0 Å². The molecule has 0 aliphatic carbocycles. The highest BCUT2D eigenvalue weighted by molar-refractivity contribution is 6.42. The van der Waals surface area contributed by atoms with Gasteiger partial charge in [0.2, 0.25) is 5.91 Å². The molecule has 2 N–H and O–H groups in total. The highest BCUT2D eigenvalue weighted by Crippen LogP contribution is 2.40. The first kappa shape index (κ1) is 20.2. The summed E-state index contributed by atoms with van der Waals surface area (Å²) in [5.41, 5.74) is 2.18. The normalized spacial score (nSPS) is 14.9. The SMILES string of the molecule is COc1ccc(Cl)c(Cl)c1[C@@H](NC(=O)C1CN(C(=O)O)C1)c1ccncc1C. The number of methoxy groups -OCH3 is 1. The van der Waals surface area contributed by atoms with E-state index in [0.29, 0.717) is 16.3 Å². The quantitative estimate of drug-likeness (QED) is 0.767. The summed E-state index contributed by atoms with van der Waals surface area (Å²) in [6.07, 6.45) is 2.28. The number of hydrogen-bond donors (Lipinski definition) is 2. The largest absolute Gasteiger partial charge is 0.496 e. The zero-order valence-corrected chi connectivity index (χ0v) is 16.8. The van der Waals surface area contributed by atoms with Gasteiger partial charge in [0.1, 0.15) is 5.75 Å². The summed E-state index contributed by atoms with van der Waals surface area (Å²) < 4.78 is 5.46. The Balaban J connectivity index is 1.99. The minimum Gasteiger partial charge on any atom is -0.496 e. The molecule has 1 aromatic heterocycles. The predicted octanol–water partition coefficient (Wildman–Crippen LogP) is 3.52. The van der Waals surface area contributed by atoms with Crippen molar-refractivity contribution < 1.29 is 19.4 Å². The van der Waals surface area contributed by atoms with Crippen molar-refractivity contribution >= 4 is 35.2 Å². The first-order chi connectivity index (χ1) is 13.3. The van der Waals surface area contributed by atoms with Crippen LogP contribution < -0.4 is 10.1 Å². The number of rotatable bonds is 5. The van der Waals surface area contributed by atoms with Crippen LogP contribution in [-0.4, -0.2) is 47.2 Å². The number of nitrogens with one attached hydrogen (secondary N) is 1. The van der Waals surface area contributed by atoms with Crippen molar-refractivity contribution in [1.29, 1.82) is 0 Å². The molecule has 3 rings (SSSR count). The van der Waals surface area contributed by atoms with Gasteiger partial charge >= 0.3 is 6.09 Å². The average Bonchev–Trinajstić information content (AvgIpc) is 2.61. The van der Waals surface area contributed by atoms with Crippen LogP contribution in [0.25, 0.3) is 0 Å². The monoisotopic (exact) mass is 423 g/mol. The van der Waals surface area contributed by atoms with E-state index in [2.05, 4.69) is 10.3 Å². The van der Waals surface area contributed by atoms with Crippen molar-refractivity contribution in [3.63, 3.8) is 0 Å². The molecular weight excluding hydrogens is 405 g/mol. The fourth-order valence-electron chi connectivity index (χ4n) is 3.17. The Kier molecular flexibility index (Phi) is 5.96. The molecule has 0 saturated carbocycles. The van der Waals surface area contributed by atoms with Crippen LogP contribution >= 0.6 is 23.2 Å². The number of aromatic nitrogens is 1. The molecule has 2 amide bonds. The average molecular weight is 424 g/mol. The number of pyridine rings is 1. The van der Waals surface area contributed by atoms with Gasteiger partial charge in [0, 0.05) is 31.0 Å². The summed E-state index contributed by atoms with van der Waals surface area (Å²) in [5.74, 6) is -0.210. The van der Waals surface area contributed by atoms with Crippen molar-refractivity contribution in [2.24, 2.45) is 5.92 Å². The van der Waals surface area contributed by atoms with Crippen molar-refractivity contribution in [2.45, 2.75) is 13.0 Å². The number of ether oxygens (including phenoxy) is 1. The number of aryl methyl sites for hydroxylation is 1. The maximum absolute atomic E-state index is 12.8. The van der Waals surface area contributed by atoms with E-state index in [1.54, 1.807) is 30.6 Å².